The van der Waals surface area contributed by atoms with Gasteiger partial charge in [0.15, 0.2) is 11.6 Å². The van der Waals surface area contributed by atoms with E-state index < -0.39 is 17.5 Å². The number of aryl methyl sites for hydroxylation is 1. The van der Waals surface area contributed by atoms with Crippen LogP contribution in [0.2, 0.25) is 0 Å². The molecule has 1 heterocycles. The highest BCUT2D eigenvalue weighted by molar-refractivity contribution is 5.94. The number of halogens is 2. The summed E-state index contributed by atoms with van der Waals surface area (Å²) in [5, 5.41) is 8.71. The van der Waals surface area contributed by atoms with Crippen molar-refractivity contribution >= 4 is 5.91 Å². The van der Waals surface area contributed by atoms with E-state index in [9.17, 15) is 13.6 Å². The molecule has 0 unspecified atom stereocenters. The molecule has 0 radical (unpaired) electrons. The average Bonchev–Trinajstić information content (AvgIpc) is 2.69. The zero-order chi connectivity index (χ0) is 20.3. The summed E-state index contributed by atoms with van der Waals surface area (Å²) < 4.78 is 32.9. The molecule has 0 saturated carbocycles. The highest BCUT2D eigenvalue weighted by Gasteiger charge is 2.15. The second-order valence-electron chi connectivity index (χ2n) is 6.07. The molecule has 1 aromatic heterocycles. The van der Waals surface area contributed by atoms with E-state index in [1.165, 1.54) is 6.07 Å². The zero-order valence-electron chi connectivity index (χ0n) is 14.9. The summed E-state index contributed by atoms with van der Waals surface area (Å²) in [6, 6.07) is 12.7. The van der Waals surface area contributed by atoms with Crippen LogP contribution in [0.4, 0.5) is 8.78 Å². The van der Waals surface area contributed by atoms with Crippen LogP contribution in [0.15, 0.2) is 48.7 Å². The molecule has 0 aliphatic heterocycles. The smallest absolute Gasteiger partial charge is 0.248 e. The Balaban J connectivity index is 1.81. The molecule has 2 N–H and O–H groups in total. The Bertz CT molecular complexity index is 1110. The fraction of sp³-hybridized carbons (Fsp3) is 0.0952. The summed E-state index contributed by atoms with van der Waals surface area (Å²) in [7, 11) is 0. The lowest BCUT2D eigenvalue weighted by molar-refractivity contribution is 0.0999. The van der Waals surface area contributed by atoms with Gasteiger partial charge in [-0.3, -0.25) is 9.78 Å². The van der Waals surface area contributed by atoms with Crippen molar-refractivity contribution in [3.05, 3.63) is 82.7 Å². The molecule has 0 aliphatic carbocycles. The number of nitriles is 1. The first-order valence-corrected chi connectivity index (χ1v) is 8.27. The Kier molecular flexibility index (Phi) is 5.32. The molecule has 28 heavy (non-hydrogen) atoms. The van der Waals surface area contributed by atoms with Gasteiger partial charge in [-0.05, 0) is 53.9 Å². The summed E-state index contributed by atoms with van der Waals surface area (Å²) >= 11 is 0. The number of primary amides is 1. The molecule has 0 fully saturated rings. The van der Waals surface area contributed by atoms with Gasteiger partial charge in [0.05, 0.1) is 11.3 Å². The number of nitrogens with zero attached hydrogens (tertiary/aromatic N) is 2. The van der Waals surface area contributed by atoms with E-state index in [2.05, 4.69) is 4.98 Å². The van der Waals surface area contributed by atoms with Gasteiger partial charge in [0, 0.05) is 11.8 Å². The molecule has 7 heteroatoms. The minimum absolute atomic E-state index is 0.0888. The molecule has 5 nitrogen and oxygen atoms in total. The zero-order valence-corrected chi connectivity index (χ0v) is 14.9. The molecule has 0 aliphatic rings. The van der Waals surface area contributed by atoms with Gasteiger partial charge < -0.3 is 10.5 Å². The standard InChI is InChI=1S/C21H15F2N3O2/c1-12-8-13(2-4-17(12)21(25)27)14-6-7-26-16(9-14)11-28-18-5-3-15(10-24)19(22)20(18)23/h2-9H,11H2,1H3,(H2,25,27). The first-order valence-electron chi connectivity index (χ1n) is 8.27. The number of carbonyl (C=O) groups excluding carboxylic acids is 1. The van der Waals surface area contributed by atoms with Crippen molar-refractivity contribution in [2.45, 2.75) is 13.5 Å². The molecule has 0 spiro atoms. The summed E-state index contributed by atoms with van der Waals surface area (Å²) in [5.74, 6) is -3.26. The predicted octanol–water partition coefficient (Wildman–Crippen LogP) is 3.88. The third kappa shape index (κ3) is 3.81. The van der Waals surface area contributed by atoms with E-state index in [4.69, 9.17) is 15.7 Å². The molecular weight excluding hydrogens is 364 g/mol. The molecule has 3 rings (SSSR count). The van der Waals surface area contributed by atoms with Gasteiger partial charge >= 0.3 is 0 Å². The summed E-state index contributed by atoms with van der Waals surface area (Å²) in [4.78, 5) is 15.5. The fourth-order valence-corrected chi connectivity index (χ4v) is 2.74. The Morgan fingerprint density at radius 1 is 1.14 bits per heavy atom. The van der Waals surface area contributed by atoms with Crippen LogP contribution >= 0.6 is 0 Å². The highest BCUT2D eigenvalue weighted by atomic mass is 19.2. The summed E-state index contributed by atoms with van der Waals surface area (Å²) in [5.41, 5.74) is 8.29. The number of amides is 1. The second-order valence-corrected chi connectivity index (χ2v) is 6.07. The topological polar surface area (TPSA) is 89.0 Å². The van der Waals surface area contributed by atoms with Gasteiger partial charge in [0.2, 0.25) is 11.7 Å². The van der Waals surface area contributed by atoms with Crippen LogP contribution in [0.25, 0.3) is 11.1 Å². The molecule has 3 aromatic rings. The number of benzene rings is 2. The molecule has 2 aromatic carbocycles. The third-order valence-corrected chi connectivity index (χ3v) is 4.18. The normalized spacial score (nSPS) is 10.4. The van der Waals surface area contributed by atoms with Gasteiger partial charge in [-0.1, -0.05) is 12.1 Å². The number of rotatable bonds is 5. The Morgan fingerprint density at radius 3 is 2.57 bits per heavy atom. The summed E-state index contributed by atoms with van der Waals surface area (Å²) in [6.45, 7) is 1.70. The fourth-order valence-electron chi connectivity index (χ4n) is 2.74. The van der Waals surface area contributed by atoms with Crippen molar-refractivity contribution in [1.82, 2.24) is 4.98 Å². The molecule has 140 valence electrons. The molecule has 0 saturated heterocycles. The quantitative estimate of drug-likeness (QED) is 0.728. The van der Waals surface area contributed by atoms with Crippen LogP contribution in [-0.2, 0) is 6.61 Å². The second kappa shape index (κ2) is 7.84. The molecule has 0 atom stereocenters. The van der Waals surface area contributed by atoms with Crippen molar-refractivity contribution < 1.29 is 18.3 Å². The average molecular weight is 379 g/mol. The molecular formula is C21H15F2N3O2. The molecule has 1 amide bonds. The summed E-state index contributed by atoms with van der Waals surface area (Å²) in [6.07, 6.45) is 1.57. The number of hydrogen-bond acceptors (Lipinski definition) is 4. The van der Waals surface area contributed by atoms with Gasteiger partial charge in [0.1, 0.15) is 12.7 Å². The van der Waals surface area contributed by atoms with Gasteiger partial charge in [-0.25, -0.2) is 4.39 Å². The van der Waals surface area contributed by atoms with Crippen molar-refractivity contribution in [2.24, 2.45) is 5.73 Å². The lowest BCUT2D eigenvalue weighted by atomic mass is 10.00. The van der Waals surface area contributed by atoms with Crippen LogP contribution in [0.5, 0.6) is 5.75 Å². The Hall–Kier alpha value is -3.79. The van der Waals surface area contributed by atoms with Gasteiger partial charge in [-0.2, -0.15) is 9.65 Å². The largest absolute Gasteiger partial charge is 0.484 e. The number of nitrogens with two attached hydrogens (primary N) is 1. The number of carbonyl (C=O) groups is 1. The Labute approximate surface area is 160 Å². The number of hydrogen-bond donors (Lipinski definition) is 1. The maximum Gasteiger partial charge on any atom is 0.248 e. The predicted molar refractivity (Wildman–Crippen MR) is 98.3 cm³/mol. The van der Waals surface area contributed by atoms with E-state index >= 15 is 0 Å². The third-order valence-electron chi connectivity index (χ3n) is 4.18. The lowest BCUT2D eigenvalue weighted by Gasteiger charge is -2.10. The van der Waals surface area contributed by atoms with Gasteiger partial charge in [0.25, 0.3) is 0 Å². The van der Waals surface area contributed by atoms with E-state index in [-0.39, 0.29) is 17.9 Å². The molecule has 0 bridgehead atoms. The maximum atomic E-state index is 13.9. The SMILES string of the molecule is Cc1cc(-c2ccnc(COc3ccc(C#N)c(F)c3F)c2)ccc1C(N)=O. The number of aromatic nitrogens is 1. The van der Waals surface area contributed by atoms with Crippen LogP contribution in [0.3, 0.4) is 0 Å². The minimum atomic E-state index is -1.24. The Morgan fingerprint density at radius 2 is 1.89 bits per heavy atom. The van der Waals surface area contributed by atoms with E-state index in [1.807, 2.05) is 6.07 Å². The number of pyridine rings is 1. The van der Waals surface area contributed by atoms with Crippen LogP contribution < -0.4 is 10.5 Å². The van der Waals surface area contributed by atoms with Gasteiger partial charge in [-0.15, -0.1) is 0 Å². The van der Waals surface area contributed by atoms with E-state index in [1.54, 1.807) is 43.5 Å². The first kappa shape index (κ1) is 19.0. The lowest BCUT2D eigenvalue weighted by Crippen LogP contribution is -2.12. The van der Waals surface area contributed by atoms with Crippen molar-refractivity contribution in [1.29, 1.82) is 5.26 Å². The van der Waals surface area contributed by atoms with Crippen molar-refractivity contribution in [2.75, 3.05) is 0 Å². The highest BCUT2D eigenvalue weighted by Crippen LogP contribution is 2.25. The van der Waals surface area contributed by atoms with E-state index in [0.29, 0.717) is 11.3 Å². The van der Waals surface area contributed by atoms with E-state index in [0.717, 1.165) is 22.8 Å². The van der Waals surface area contributed by atoms with Crippen LogP contribution in [0.1, 0.15) is 27.2 Å². The number of ether oxygens (including phenoxy) is 1. The maximum absolute atomic E-state index is 13.9. The first-order chi connectivity index (χ1) is 13.4. The van der Waals surface area contributed by atoms with Crippen LogP contribution in [0, 0.1) is 29.9 Å². The van der Waals surface area contributed by atoms with Crippen molar-refractivity contribution in [3.8, 4) is 22.9 Å². The van der Waals surface area contributed by atoms with Crippen molar-refractivity contribution in [3.63, 3.8) is 0 Å². The minimum Gasteiger partial charge on any atom is -0.484 e. The van der Waals surface area contributed by atoms with Crippen LogP contribution in [-0.4, -0.2) is 10.9 Å². The monoisotopic (exact) mass is 379 g/mol.